The Morgan fingerprint density at radius 3 is 2.82 bits per heavy atom. The summed E-state index contributed by atoms with van der Waals surface area (Å²) < 4.78 is 0. The van der Waals surface area contributed by atoms with Gasteiger partial charge in [-0.05, 0) is 12.3 Å². The van der Waals surface area contributed by atoms with Gasteiger partial charge in [-0.1, -0.05) is 12.8 Å². The smallest absolute Gasteiger partial charge is 0.0574 e. The van der Waals surface area contributed by atoms with Crippen LogP contribution in [0.4, 0.5) is 0 Å². The Hall–Kier alpha value is -0.520. The minimum Gasteiger partial charge on any atom is -0.312 e. The normalized spacial score (nSPS) is 28.0. The zero-order chi connectivity index (χ0) is 8.10. The number of nitrogens with one attached hydrogen (secondary N) is 2. The van der Waals surface area contributed by atoms with Crippen molar-refractivity contribution in [2.24, 2.45) is 5.92 Å². The fraction of sp³-hybridized carbons (Fsp3) is 0.778. The molecule has 2 unspecified atom stereocenters. The highest BCUT2D eigenvalue weighted by Gasteiger charge is 2.31. The van der Waals surface area contributed by atoms with Crippen LogP contribution >= 0.6 is 0 Å². The van der Waals surface area contributed by atoms with Crippen molar-refractivity contribution in [1.82, 2.24) is 10.6 Å². The third kappa shape index (κ3) is 3.41. The molecule has 0 radical (unpaired) electrons. The van der Waals surface area contributed by atoms with Crippen molar-refractivity contribution in [3.8, 4) is 12.3 Å². The summed E-state index contributed by atoms with van der Waals surface area (Å²) >= 11 is 0. The van der Waals surface area contributed by atoms with E-state index in [1.54, 1.807) is 0 Å². The molecule has 1 aliphatic carbocycles. The Labute approximate surface area is 68.8 Å². The van der Waals surface area contributed by atoms with Gasteiger partial charge in [-0.2, -0.15) is 0 Å². The highest BCUT2D eigenvalue weighted by Crippen LogP contribution is 2.28. The average Bonchev–Trinajstić information content (AvgIpc) is 2.67. The van der Waals surface area contributed by atoms with E-state index in [0.29, 0.717) is 6.54 Å². The molecule has 0 aromatic rings. The highest BCUT2D eigenvalue weighted by molar-refractivity contribution is 4.90. The SMILES string of the molecule is C#CCNCCNC1CC1C. The maximum Gasteiger partial charge on any atom is 0.0574 e. The van der Waals surface area contributed by atoms with Gasteiger partial charge in [0.05, 0.1) is 6.54 Å². The second-order valence-corrected chi connectivity index (χ2v) is 3.15. The van der Waals surface area contributed by atoms with Crippen molar-refractivity contribution in [1.29, 1.82) is 0 Å². The van der Waals surface area contributed by atoms with Gasteiger partial charge < -0.3 is 10.6 Å². The average molecular weight is 152 g/mol. The standard InChI is InChI=1S/C9H16N2/c1-3-4-10-5-6-11-9-7-8(9)2/h1,8-11H,4-7H2,2H3. The molecule has 2 atom stereocenters. The van der Waals surface area contributed by atoms with Crippen molar-refractivity contribution in [2.75, 3.05) is 19.6 Å². The predicted molar refractivity (Wildman–Crippen MR) is 47.3 cm³/mol. The van der Waals surface area contributed by atoms with Crippen molar-refractivity contribution in [3.63, 3.8) is 0 Å². The molecule has 0 bridgehead atoms. The zero-order valence-corrected chi connectivity index (χ0v) is 7.06. The molecule has 11 heavy (non-hydrogen) atoms. The lowest BCUT2D eigenvalue weighted by Crippen LogP contribution is -2.29. The van der Waals surface area contributed by atoms with Gasteiger partial charge in [0.2, 0.25) is 0 Å². The Morgan fingerprint density at radius 2 is 2.27 bits per heavy atom. The molecule has 0 spiro atoms. The summed E-state index contributed by atoms with van der Waals surface area (Å²) in [7, 11) is 0. The maximum atomic E-state index is 5.07. The summed E-state index contributed by atoms with van der Waals surface area (Å²) in [6.07, 6.45) is 6.41. The van der Waals surface area contributed by atoms with Crippen LogP contribution < -0.4 is 10.6 Å². The molecule has 0 saturated heterocycles. The summed E-state index contributed by atoms with van der Waals surface area (Å²) in [4.78, 5) is 0. The predicted octanol–water partition coefficient (Wildman–Crippen LogP) is 0.207. The first kappa shape index (κ1) is 8.58. The van der Waals surface area contributed by atoms with E-state index in [4.69, 9.17) is 6.42 Å². The maximum absolute atomic E-state index is 5.07. The lowest BCUT2D eigenvalue weighted by Gasteiger charge is -2.02. The molecule has 2 N–H and O–H groups in total. The molecular formula is C9H16N2. The Bertz CT molecular complexity index is 148. The van der Waals surface area contributed by atoms with E-state index in [1.165, 1.54) is 6.42 Å². The van der Waals surface area contributed by atoms with Gasteiger partial charge in [-0.15, -0.1) is 6.42 Å². The Balaban J connectivity index is 1.79. The Morgan fingerprint density at radius 1 is 1.55 bits per heavy atom. The summed E-state index contributed by atoms with van der Waals surface area (Å²) in [6, 6.07) is 0.780. The van der Waals surface area contributed by atoms with Crippen molar-refractivity contribution < 1.29 is 0 Å². The van der Waals surface area contributed by atoms with Crippen molar-refractivity contribution in [2.45, 2.75) is 19.4 Å². The molecule has 1 saturated carbocycles. The van der Waals surface area contributed by atoms with Crippen LogP contribution in [-0.2, 0) is 0 Å². The first-order chi connectivity index (χ1) is 5.34. The molecule has 1 rings (SSSR count). The molecule has 0 amide bonds. The molecule has 1 aliphatic rings. The second kappa shape index (κ2) is 4.38. The molecule has 0 heterocycles. The first-order valence-electron chi connectivity index (χ1n) is 4.22. The third-order valence-corrected chi connectivity index (χ3v) is 2.04. The van der Waals surface area contributed by atoms with Gasteiger partial charge >= 0.3 is 0 Å². The van der Waals surface area contributed by atoms with Gasteiger partial charge in [0.1, 0.15) is 0 Å². The fourth-order valence-corrected chi connectivity index (χ4v) is 1.11. The summed E-state index contributed by atoms with van der Waals surface area (Å²) in [6.45, 7) is 4.97. The van der Waals surface area contributed by atoms with E-state index in [0.717, 1.165) is 25.0 Å². The molecule has 0 aromatic heterocycles. The van der Waals surface area contributed by atoms with Gasteiger partial charge in [-0.25, -0.2) is 0 Å². The number of terminal acetylenes is 1. The van der Waals surface area contributed by atoms with E-state index in [-0.39, 0.29) is 0 Å². The minimum absolute atomic E-state index is 0.682. The van der Waals surface area contributed by atoms with E-state index < -0.39 is 0 Å². The first-order valence-corrected chi connectivity index (χ1v) is 4.22. The summed E-state index contributed by atoms with van der Waals surface area (Å²) in [5, 5.41) is 6.57. The highest BCUT2D eigenvalue weighted by atomic mass is 15.0. The molecule has 0 aliphatic heterocycles. The number of hydrogen-bond acceptors (Lipinski definition) is 2. The third-order valence-electron chi connectivity index (χ3n) is 2.04. The van der Waals surface area contributed by atoms with Gasteiger partial charge in [0.25, 0.3) is 0 Å². The lowest BCUT2D eigenvalue weighted by molar-refractivity contribution is 0.615. The molecule has 2 nitrogen and oxygen atoms in total. The van der Waals surface area contributed by atoms with E-state index in [2.05, 4.69) is 23.5 Å². The van der Waals surface area contributed by atoms with Crippen LogP contribution in [0.3, 0.4) is 0 Å². The van der Waals surface area contributed by atoms with Crippen LogP contribution in [0.25, 0.3) is 0 Å². The van der Waals surface area contributed by atoms with Crippen LogP contribution in [-0.4, -0.2) is 25.7 Å². The van der Waals surface area contributed by atoms with Crippen molar-refractivity contribution >= 4 is 0 Å². The molecule has 62 valence electrons. The topological polar surface area (TPSA) is 24.1 Å². The molecule has 0 aromatic carbocycles. The van der Waals surface area contributed by atoms with E-state index in [1.807, 2.05) is 0 Å². The Kier molecular flexibility index (Phi) is 3.41. The minimum atomic E-state index is 0.682. The van der Waals surface area contributed by atoms with Crippen LogP contribution in [0.15, 0.2) is 0 Å². The van der Waals surface area contributed by atoms with Crippen LogP contribution in [0.2, 0.25) is 0 Å². The number of hydrogen-bond donors (Lipinski definition) is 2. The van der Waals surface area contributed by atoms with Crippen LogP contribution in [0.1, 0.15) is 13.3 Å². The van der Waals surface area contributed by atoms with Gasteiger partial charge in [0, 0.05) is 19.1 Å². The van der Waals surface area contributed by atoms with E-state index in [9.17, 15) is 0 Å². The summed E-state index contributed by atoms with van der Waals surface area (Å²) in [5.74, 6) is 3.43. The fourth-order valence-electron chi connectivity index (χ4n) is 1.11. The molecular weight excluding hydrogens is 136 g/mol. The number of rotatable bonds is 5. The summed E-state index contributed by atoms with van der Waals surface area (Å²) in [5.41, 5.74) is 0. The van der Waals surface area contributed by atoms with Gasteiger partial charge in [0.15, 0.2) is 0 Å². The van der Waals surface area contributed by atoms with Gasteiger partial charge in [-0.3, -0.25) is 0 Å². The quantitative estimate of drug-likeness (QED) is 0.434. The second-order valence-electron chi connectivity index (χ2n) is 3.15. The largest absolute Gasteiger partial charge is 0.312 e. The van der Waals surface area contributed by atoms with Crippen LogP contribution in [0, 0.1) is 18.3 Å². The molecule has 1 fully saturated rings. The zero-order valence-electron chi connectivity index (χ0n) is 7.06. The molecule has 2 heteroatoms. The monoisotopic (exact) mass is 152 g/mol. The van der Waals surface area contributed by atoms with Crippen molar-refractivity contribution in [3.05, 3.63) is 0 Å². The van der Waals surface area contributed by atoms with E-state index >= 15 is 0 Å². The lowest BCUT2D eigenvalue weighted by atomic mass is 10.4. The van der Waals surface area contributed by atoms with Crippen LogP contribution in [0.5, 0.6) is 0 Å².